The van der Waals surface area contributed by atoms with Gasteiger partial charge in [-0.1, -0.05) is 13.8 Å². The van der Waals surface area contributed by atoms with E-state index in [2.05, 4.69) is 5.32 Å². The van der Waals surface area contributed by atoms with Gasteiger partial charge in [-0.15, -0.1) is 0 Å². The maximum atomic E-state index is 10.8. The number of nitrogens with two attached hydrogens (primary N) is 1. The number of carbonyl (C=O) groups excluding carboxylic acids is 1. The third-order valence-electron chi connectivity index (χ3n) is 2.69. The molecule has 16 heavy (non-hydrogen) atoms. The molecule has 0 heterocycles. The molecule has 94 valence electrons. The Balaban J connectivity index is 3.81. The molecule has 0 saturated carbocycles. The second kappa shape index (κ2) is 6.48. The first kappa shape index (κ1) is 14.9. The van der Waals surface area contributed by atoms with E-state index in [9.17, 15) is 9.59 Å². The molecule has 0 spiro atoms. The Bertz CT molecular complexity index is 252. The minimum absolute atomic E-state index is 0.0389. The van der Waals surface area contributed by atoms with E-state index in [1.165, 1.54) is 0 Å². The summed E-state index contributed by atoms with van der Waals surface area (Å²) in [7, 11) is 0. The van der Waals surface area contributed by atoms with Crippen LogP contribution in [0.4, 0.5) is 0 Å². The molecule has 5 heteroatoms. The van der Waals surface area contributed by atoms with Gasteiger partial charge >= 0.3 is 5.97 Å². The van der Waals surface area contributed by atoms with E-state index >= 15 is 0 Å². The zero-order valence-corrected chi connectivity index (χ0v) is 10.2. The molecule has 0 rings (SSSR count). The summed E-state index contributed by atoms with van der Waals surface area (Å²) < 4.78 is 0. The molecule has 5 nitrogen and oxygen atoms in total. The number of carboxylic acid groups (broad SMARTS) is 1. The quantitative estimate of drug-likeness (QED) is 0.573. The molecule has 0 fully saturated rings. The second-order valence-corrected chi connectivity index (χ2v) is 4.89. The molecule has 0 aliphatic heterocycles. The van der Waals surface area contributed by atoms with Crippen molar-refractivity contribution >= 4 is 11.9 Å². The summed E-state index contributed by atoms with van der Waals surface area (Å²) in [4.78, 5) is 21.2. The van der Waals surface area contributed by atoms with E-state index in [4.69, 9.17) is 10.8 Å². The number of carboxylic acids is 1. The van der Waals surface area contributed by atoms with Crippen molar-refractivity contribution in [2.24, 2.45) is 11.1 Å². The summed E-state index contributed by atoms with van der Waals surface area (Å²) in [5, 5.41) is 11.6. The van der Waals surface area contributed by atoms with Crippen LogP contribution < -0.4 is 11.1 Å². The number of rotatable bonds is 8. The van der Waals surface area contributed by atoms with Crippen molar-refractivity contribution in [3.05, 3.63) is 0 Å². The molecule has 1 unspecified atom stereocenters. The van der Waals surface area contributed by atoms with E-state index < -0.39 is 5.97 Å². The zero-order valence-electron chi connectivity index (χ0n) is 10.2. The number of nitrogens with one attached hydrogen (secondary N) is 1. The number of primary amides is 1. The lowest BCUT2D eigenvalue weighted by Gasteiger charge is -2.24. The summed E-state index contributed by atoms with van der Waals surface area (Å²) in [6, 6.07) is -0.338. The average Bonchev–Trinajstić information content (AvgIpc) is 2.14. The molecule has 0 aromatic carbocycles. The predicted octanol–water partition coefficient (Wildman–Crippen LogP) is 0.731. The third kappa shape index (κ3) is 7.23. The van der Waals surface area contributed by atoms with Gasteiger partial charge < -0.3 is 16.2 Å². The first-order valence-electron chi connectivity index (χ1n) is 5.49. The van der Waals surface area contributed by atoms with Crippen LogP contribution in [0.2, 0.25) is 0 Å². The SMILES string of the molecule is CC(NCCC(C)(C)CCC(=O)O)C(N)=O. The van der Waals surface area contributed by atoms with Gasteiger partial charge in [0.15, 0.2) is 0 Å². The van der Waals surface area contributed by atoms with E-state index in [0.29, 0.717) is 13.0 Å². The highest BCUT2D eigenvalue weighted by molar-refractivity contribution is 5.79. The molecule has 0 aromatic heterocycles. The van der Waals surface area contributed by atoms with Crippen LogP contribution in [0, 0.1) is 5.41 Å². The van der Waals surface area contributed by atoms with E-state index in [1.54, 1.807) is 6.92 Å². The summed E-state index contributed by atoms with van der Waals surface area (Å²) in [5.74, 6) is -1.14. The highest BCUT2D eigenvalue weighted by Crippen LogP contribution is 2.25. The molecular weight excluding hydrogens is 208 g/mol. The van der Waals surface area contributed by atoms with Gasteiger partial charge in [0.05, 0.1) is 6.04 Å². The van der Waals surface area contributed by atoms with Crippen LogP contribution in [0.5, 0.6) is 0 Å². The molecule has 1 amide bonds. The first-order valence-corrected chi connectivity index (χ1v) is 5.49. The normalized spacial score (nSPS) is 13.4. The molecular formula is C11H22N2O3. The zero-order chi connectivity index (χ0) is 12.8. The third-order valence-corrected chi connectivity index (χ3v) is 2.69. The van der Waals surface area contributed by atoms with Gasteiger partial charge in [-0.05, 0) is 31.7 Å². The van der Waals surface area contributed by atoms with Gasteiger partial charge in [-0.2, -0.15) is 0 Å². The van der Waals surface area contributed by atoms with Crippen molar-refractivity contribution in [3.63, 3.8) is 0 Å². The number of amides is 1. The smallest absolute Gasteiger partial charge is 0.303 e. The van der Waals surface area contributed by atoms with Crippen LogP contribution in [0.3, 0.4) is 0 Å². The van der Waals surface area contributed by atoms with Crippen molar-refractivity contribution < 1.29 is 14.7 Å². The fourth-order valence-electron chi connectivity index (χ4n) is 1.30. The number of hydrogen-bond acceptors (Lipinski definition) is 3. The van der Waals surface area contributed by atoms with Crippen LogP contribution >= 0.6 is 0 Å². The van der Waals surface area contributed by atoms with Crippen LogP contribution in [0.1, 0.15) is 40.0 Å². The highest BCUT2D eigenvalue weighted by atomic mass is 16.4. The van der Waals surface area contributed by atoms with E-state index in [1.807, 2.05) is 13.8 Å². The Morgan fingerprint density at radius 3 is 2.38 bits per heavy atom. The van der Waals surface area contributed by atoms with Gasteiger partial charge in [0.2, 0.25) is 5.91 Å². The largest absolute Gasteiger partial charge is 0.481 e. The maximum Gasteiger partial charge on any atom is 0.303 e. The predicted molar refractivity (Wildman–Crippen MR) is 61.9 cm³/mol. The fourth-order valence-corrected chi connectivity index (χ4v) is 1.30. The summed E-state index contributed by atoms with van der Waals surface area (Å²) >= 11 is 0. The Morgan fingerprint density at radius 1 is 1.38 bits per heavy atom. The van der Waals surface area contributed by atoms with Gasteiger partial charge in [-0.25, -0.2) is 0 Å². The minimum atomic E-state index is -0.772. The lowest BCUT2D eigenvalue weighted by atomic mass is 9.84. The average molecular weight is 230 g/mol. The van der Waals surface area contributed by atoms with Crippen molar-refractivity contribution in [3.8, 4) is 0 Å². The lowest BCUT2D eigenvalue weighted by molar-refractivity contribution is -0.137. The molecule has 1 atom stereocenters. The Hall–Kier alpha value is -1.10. The Kier molecular flexibility index (Phi) is 6.03. The van der Waals surface area contributed by atoms with Gasteiger partial charge in [0.25, 0.3) is 0 Å². The minimum Gasteiger partial charge on any atom is -0.481 e. The molecule has 0 bridgehead atoms. The van der Waals surface area contributed by atoms with Gasteiger partial charge in [0, 0.05) is 6.42 Å². The van der Waals surface area contributed by atoms with Crippen molar-refractivity contribution in [2.45, 2.75) is 46.1 Å². The number of carbonyl (C=O) groups is 2. The standard InChI is InChI=1S/C11H22N2O3/c1-8(10(12)16)13-7-6-11(2,3)5-4-9(14)15/h8,13H,4-7H2,1-3H3,(H2,12,16)(H,14,15). The van der Waals surface area contributed by atoms with Crippen LogP contribution in [-0.2, 0) is 9.59 Å². The number of hydrogen-bond donors (Lipinski definition) is 3. The van der Waals surface area contributed by atoms with Crippen molar-refractivity contribution in [2.75, 3.05) is 6.54 Å². The molecule has 0 radical (unpaired) electrons. The molecule has 0 saturated heterocycles. The van der Waals surface area contributed by atoms with Gasteiger partial charge in [0.1, 0.15) is 0 Å². The van der Waals surface area contributed by atoms with Crippen LogP contribution in [0.15, 0.2) is 0 Å². The Morgan fingerprint density at radius 2 is 1.94 bits per heavy atom. The fraction of sp³-hybridized carbons (Fsp3) is 0.818. The second-order valence-electron chi connectivity index (χ2n) is 4.89. The summed E-state index contributed by atoms with van der Waals surface area (Å²) in [6.45, 7) is 6.42. The van der Waals surface area contributed by atoms with Crippen molar-refractivity contribution in [1.29, 1.82) is 0 Å². The molecule has 4 N–H and O–H groups in total. The topological polar surface area (TPSA) is 92.4 Å². The molecule has 0 aromatic rings. The first-order chi connectivity index (χ1) is 7.24. The van der Waals surface area contributed by atoms with Gasteiger partial charge in [-0.3, -0.25) is 9.59 Å². The molecule has 0 aliphatic rings. The van der Waals surface area contributed by atoms with E-state index in [0.717, 1.165) is 6.42 Å². The van der Waals surface area contributed by atoms with Crippen LogP contribution in [0.25, 0.3) is 0 Å². The summed E-state index contributed by atoms with van der Waals surface area (Å²) in [5.41, 5.74) is 5.07. The molecule has 0 aliphatic carbocycles. The lowest BCUT2D eigenvalue weighted by Crippen LogP contribution is -2.40. The summed E-state index contributed by atoms with van der Waals surface area (Å²) in [6.07, 6.45) is 1.63. The van der Waals surface area contributed by atoms with E-state index in [-0.39, 0.29) is 23.8 Å². The monoisotopic (exact) mass is 230 g/mol. The number of aliphatic carboxylic acids is 1. The van der Waals surface area contributed by atoms with Crippen molar-refractivity contribution in [1.82, 2.24) is 5.32 Å². The highest BCUT2D eigenvalue weighted by Gasteiger charge is 2.19. The van der Waals surface area contributed by atoms with Crippen LogP contribution in [-0.4, -0.2) is 29.6 Å². The Labute approximate surface area is 96.4 Å². The maximum absolute atomic E-state index is 10.8.